The molecule has 2 atom stereocenters. The molecule has 0 radical (unpaired) electrons. The predicted molar refractivity (Wildman–Crippen MR) is 34.6 cm³/mol. The minimum atomic E-state index is -0.657. The van der Waals surface area contributed by atoms with Gasteiger partial charge >= 0.3 is 0 Å². The van der Waals surface area contributed by atoms with E-state index in [2.05, 4.69) is 0 Å². The quantitative estimate of drug-likeness (QED) is 0.521. The molecule has 0 aliphatic rings. The second-order valence-electron chi connectivity index (χ2n) is 2.78. The Labute approximate surface area is 51.1 Å². The molecule has 0 heterocycles. The van der Waals surface area contributed by atoms with Crippen molar-refractivity contribution in [1.82, 2.24) is 0 Å². The first-order chi connectivity index (χ1) is 3.55. The summed E-state index contributed by atoms with van der Waals surface area (Å²) < 4.78 is 12.3. The van der Waals surface area contributed by atoms with E-state index in [1.54, 1.807) is 6.92 Å². The second-order valence-corrected chi connectivity index (χ2v) is 2.78. The van der Waals surface area contributed by atoms with Gasteiger partial charge in [0.2, 0.25) is 0 Å². The maximum absolute atomic E-state index is 12.3. The second kappa shape index (κ2) is 3.06. The van der Waals surface area contributed by atoms with Gasteiger partial charge in [0.25, 0.3) is 0 Å². The fourth-order valence-corrected chi connectivity index (χ4v) is 0.530. The molecule has 0 aliphatic heterocycles. The summed E-state index contributed by atoms with van der Waals surface area (Å²) in [5.41, 5.74) is 0. The van der Waals surface area contributed by atoms with Crippen LogP contribution in [0.5, 0.6) is 0 Å². The summed E-state index contributed by atoms with van der Waals surface area (Å²) in [7, 11) is 0. The first-order valence-corrected chi connectivity index (χ1v) is 3.19. The highest BCUT2D eigenvalue weighted by molar-refractivity contribution is 4.62. The summed E-state index contributed by atoms with van der Waals surface area (Å²) in [5, 5.41) is 0. The molecular formula is C7H15F. The Kier molecular flexibility index (Phi) is 3.03. The SMILES string of the molecule is CC(C)[C@H](C)[C@H](C)[18F]. The lowest BCUT2D eigenvalue weighted by Gasteiger charge is -2.15. The molecule has 8 heavy (non-hydrogen) atoms. The van der Waals surface area contributed by atoms with Crippen molar-refractivity contribution < 1.29 is 4.39 Å². The molecule has 0 bridgehead atoms. The highest BCUT2D eigenvalue weighted by atomic mass is 18.2. The largest absolute Gasteiger partial charge is 0.247 e. The monoisotopic (exact) mass is 117 g/mol. The molecule has 0 spiro atoms. The van der Waals surface area contributed by atoms with Crippen molar-refractivity contribution in [2.45, 2.75) is 33.9 Å². The van der Waals surface area contributed by atoms with Crippen LogP contribution in [0, 0.1) is 11.8 Å². The number of rotatable bonds is 2. The van der Waals surface area contributed by atoms with E-state index in [1.807, 2.05) is 20.8 Å². The van der Waals surface area contributed by atoms with Crippen LogP contribution in [0.1, 0.15) is 27.7 Å². The molecule has 0 fully saturated rings. The third kappa shape index (κ3) is 2.29. The highest BCUT2D eigenvalue weighted by Gasteiger charge is 2.13. The normalized spacial score (nSPS) is 18.8. The van der Waals surface area contributed by atoms with Crippen LogP contribution in [0.2, 0.25) is 0 Å². The van der Waals surface area contributed by atoms with Gasteiger partial charge in [-0.15, -0.1) is 0 Å². The Morgan fingerprint density at radius 3 is 1.38 bits per heavy atom. The molecule has 0 aromatic carbocycles. The molecule has 50 valence electrons. The molecule has 0 N–H and O–H groups in total. The van der Waals surface area contributed by atoms with Crippen LogP contribution >= 0.6 is 0 Å². The van der Waals surface area contributed by atoms with Gasteiger partial charge in [-0.3, -0.25) is 0 Å². The lowest BCUT2D eigenvalue weighted by atomic mass is 9.94. The van der Waals surface area contributed by atoms with E-state index in [4.69, 9.17) is 0 Å². The van der Waals surface area contributed by atoms with Gasteiger partial charge in [0.05, 0.1) is 0 Å². The summed E-state index contributed by atoms with van der Waals surface area (Å²) in [6, 6.07) is 0. The smallest absolute Gasteiger partial charge is 0.100 e. The minimum Gasteiger partial charge on any atom is -0.247 e. The Bertz CT molecular complexity index is 49.4. The maximum atomic E-state index is 12.3. The van der Waals surface area contributed by atoms with Crippen molar-refractivity contribution >= 4 is 0 Å². The van der Waals surface area contributed by atoms with Crippen molar-refractivity contribution in [2.24, 2.45) is 11.8 Å². The van der Waals surface area contributed by atoms with Crippen LogP contribution in [0.3, 0.4) is 0 Å². The first-order valence-electron chi connectivity index (χ1n) is 3.19. The summed E-state index contributed by atoms with van der Waals surface area (Å²) in [5.74, 6) is 0.671. The summed E-state index contributed by atoms with van der Waals surface area (Å²) in [6.45, 7) is 7.64. The highest BCUT2D eigenvalue weighted by Crippen LogP contribution is 2.15. The molecule has 0 unspecified atom stereocenters. The molecule has 0 aromatic heterocycles. The van der Waals surface area contributed by atoms with E-state index < -0.39 is 6.17 Å². The fourth-order valence-electron chi connectivity index (χ4n) is 0.530. The Morgan fingerprint density at radius 1 is 1.00 bits per heavy atom. The van der Waals surface area contributed by atoms with Gasteiger partial charge in [-0.1, -0.05) is 20.8 Å². The minimum absolute atomic E-state index is 0.204. The molecule has 0 aliphatic carbocycles. The summed E-state index contributed by atoms with van der Waals surface area (Å²) in [6.07, 6.45) is -0.657. The van der Waals surface area contributed by atoms with Crippen LogP contribution in [0.4, 0.5) is 4.39 Å². The Hall–Kier alpha value is -0.0700. The number of halogens is 1. The molecule has 0 rings (SSSR count). The van der Waals surface area contributed by atoms with Gasteiger partial charge in [-0.2, -0.15) is 0 Å². The van der Waals surface area contributed by atoms with E-state index in [-0.39, 0.29) is 5.92 Å². The zero-order valence-corrected chi connectivity index (χ0v) is 6.11. The van der Waals surface area contributed by atoms with Gasteiger partial charge < -0.3 is 0 Å². The lowest BCUT2D eigenvalue weighted by molar-refractivity contribution is 0.215. The molecule has 0 aromatic rings. The van der Waals surface area contributed by atoms with Gasteiger partial charge in [0.15, 0.2) is 0 Å². The van der Waals surface area contributed by atoms with Gasteiger partial charge in [-0.25, -0.2) is 4.39 Å². The van der Waals surface area contributed by atoms with Crippen LogP contribution in [-0.2, 0) is 0 Å². The first kappa shape index (κ1) is 7.93. The van der Waals surface area contributed by atoms with Crippen molar-refractivity contribution in [2.75, 3.05) is 0 Å². The van der Waals surface area contributed by atoms with E-state index in [0.29, 0.717) is 5.92 Å². The number of alkyl halides is 1. The Balaban J connectivity index is 3.46. The molecule has 1 heteroatoms. The Morgan fingerprint density at radius 2 is 1.38 bits per heavy atom. The van der Waals surface area contributed by atoms with Crippen LogP contribution in [0.25, 0.3) is 0 Å². The molecule has 0 saturated carbocycles. The fraction of sp³-hybridized carbons (Fsp3) is 1.00. The molecule has 0 nitrogen and oxygen atoms in total. The van der Waals surface area contributed by atoms with Crippen LogP contribution < -0.4 is 0 Å². The third-order valence-corrected chi connectivity index (χ3v) is 1.78. The number of hydrogen-bond acceptors (Lipinski definition) is 0. The van der Waals surface area contributed by atoms with E-state index in [9.17, 15) is 4.39 Å². The predicted octanol–water partition coefficient (Wildman–Crippen LogP) is 2.64. The van der Waals surface area contributed by atoms with Gasteiger partial charge in [0, 0.05) is 0 Å². The maximum Gasteiger partial charge on any atom is 0.100 e. The van der Waals surface area contributed by atoms with E-state index in [0.717, 1.165) is 0 Å². The summed E-state index contributed by atoms with van der Waals surface area (Å²) >= 11 is 0. The average molecular weight is 117 g/mol. The zero-order chi connectivity index (χ0) is 6.73. The van der Waals surface area contributed by atoms with E-state index >= 15 is 0 Å². The zero-order valence-electron chi connectivity index (χ0n) is 6.11. The van der Waals surface area contributed by atoms with Crippen molar-refractivity contribution in [3.05, 3.63) is 0 Å². The molecule has 0 amide bonds. The average Bonchev–Trinajstić information content (AvgIpc) is 1.64. The summed E-state index contributed by atoms with van der Waals surface area (Å²) in [4.78, 5) is 0. The molecule has 0 saturated heterocycles. The van der Waals surface area contributed by atoms with Crippen LogP contribution in [-0.4, -0.2) is 6.17 Å². The van der Waals surface area contributed by atoms with Gasteiger partial charge in [0.1, 0.15) is 6.17 Å². The standard InChI is InChI=1S/C7H15F/c1-5(2)6(3)7(4)8/h5-7H,1-4H3/t6-,7-/m0/s1/i8-1. The third-order valence-electron chi connectivity index (χ3n) is 1.78. The van der Waals surface area contributed by atoms with Crippen molar-refractivity contribution in [3.8, 4) is 0 Å². The van der Waals surface area contributed by atoms with Gasteiger partial charge in [-0.05, 0) is 18.8 Å². The number of hydrogen-bond donors (Lipinski definition) is 0. The van der Waals surface area contributed by atoms with Crippen molar-refractivity contribution in [3.63, 3.8) is 0 Å². The van der Waals surface area contributed by atoms with E-state index in [1.165, 1.54) is 0 Å². The molecular weight excluding hydrogens is 102 g/mol. The van der Waals surface area contributed by atoms with Crippen molar-refractivity contribution in [1.29, 1.82) is 0 Å². The lowest BCUT2D eigenvalue weighted by Crippen LogP contribution is -2.14. The topological polar surface area (TPSA) is 0 Å². The van der Waals surface area contributed by atoms with Crippen LogP contribution in [0.15, 0.2) is 0 Å².